The fraction of sp³-hybridized carbons (Fsp3) is 0.462. The van der Waals surface area contributed by atoms with E-state index in [1.54, 1.807) is 6.92 Å². The Hall–Kier alpha value is -0.870. The number of rotatable bonds is 5. The molecule has 2 atom stereocenters. The molecule has 0 aliphatic carbocycles. The lowest BCUT2D eigenvalue weighted by Gasteiger charge is -2.27. The zero-order valence-corrected chi connectivity index (χ0v) is 11.9. The lowest BCUT2D eigenvalue weighted by Crippen LogP contribution is -2.30. The van der Waals surface area contributed by atoms with Gasteiger partial charge in [0.15, 0.2) is 0 Å². The first-order valence-corrected chi connectivity index (χ1v) is 6.40. The van der Waals surface area contributed by atoms with E-state index in [1.165, 1.54) is 5.56 Å². The summed E-state index contributed by atoms with van der Waals surface area (Å²) in [5, 5.41) is 8.90. The van der Waals surface area contributed by atoms with E-state index in [-0.39, 0.29) is 12.0 Å². The quantitative estimate of drug-likeness (QED) is 0.908. The molecule has 0 aromatic heterocycles. The van der Waals surface area contributed by atoms with Gasteiger partial charge in [0.2, 0.25) is 0 Å². The number of benzene rings is 1. The van der Waals surface area contributed by atoms with Crippen LogP contribution >= 0.6 is 15.9 Å². The fourth-order valence-electron chi connectivity index (χ4n) is 1.72. The Morgan fingerprint density at radius 1 is 1.41 bits per heavy atom. The van der Waals surface area contributed by atoms with Crippen molar-refractivity contribution in [2.24, 2.45) is 5.92 Å². The Labute approximate surface area is 111 Å². The van der Waals surface area contributed by atoms with Gasteiger partial charge in [-0.15, -0.1) is 0 Å². The van der Waals surface area contributed by atoms with Gasteiger partial charge in [-0.1, -0.05) is 41.1 Å². The summed E-state index contributed by atoms with van der Waals surface area (Å²) in [6.45, 7) is 4.35. The van der Waals surface area contributed by atoms with Crippen molar-refractivity contribution in [3.8, 4) is 0 Å². The molecule has 0 spiro atoms. The minimum absolute atomic E-state index is 0.187. The zero-order chi connectivity index (χ0) is 13.0. The van der Waals surface area contributed by atoms with Crippen LogP contribution in [0.3, 0.4) is 0 Å². The standard InChI is InChI=1S/C13H18BrNO2/c1-9(13(16)17)8-15(3)10(2)11-6-4-5-7-12(11)14/h4-7,9-10H,8H2,1-3H3,(H,16,17). The van der Waals surface area contributed by atoms with Crippen LogP contribution in [-0.4, -0.2) is 29.6 Å². The topological polar surface area (TPSA) is 40.5 Å². The molecule has 0 aliphatic heterocycles. The van der Waals surface area contributed by atoms with Crippen molar-refractivity contribution in [2.75, 3.05) is 13.6 Å². The summed E-state index contributed by atoms with van der Waals surface area (Å²) in [4.78, 5) is 12.9. The number of halogens is 1. The van der Waals surface area contributed by atoms with Gasteiger partial charge in [-0.2, -0.15) is 0 Å². The maximum Gasteiger partial charge on any atom is 0.307 e. The molecule has 0 saturated heterocycles. The Kier molecular flexibility index (Phi) is 5.15. The Morgan fingerprint density at radius 3 is 2.53 bits per heavy atom. The van der Waals surface area contributed by atoms with Crippen LogP contribution in [0.4, 0.5) is 0 Å². The molecule has 0 radical (unpaired) electrons. The smallest absolute Gasteiger partial charge is 0.307 e. The molecule has 0 saturated carbocycles. The van der Waals surface area contributed by atoms with Gasteiger partial charge < -0.3 is 5.11 Å². The third-order valence-electron chi connectivity index (χ3n) is 3.00. The second-order valence-corrected chi connectivity index (χ2v) is 5.23. The summed E-state index contributed by atoms with van der Waals surface area (Å²) in [7, 11) is 1.95. The number of hydrogen-bond acceptors (Lipinski definition) is 2. The minimum atomic E-state index is -0.754. The maximum absolute atomic E-state index is 10.8. The molecule has 17 heavy (non-hydrogen) atoms. The van der Waals surface area contributed by atoms with Gasteiger partial charge in [0.05, 0.1) is 5.92 Å². The summed E-state index contributed by atoms with van der Waals surface area (Å²) in [5.74, 6) is -1.11. The maximum atomic E-state index is 10.8. The van der Waals surface area contributed by atoms with E-state index in [1.807, 2.05) is 25.2 Å². The highest BCUT2D eigenvalue weighted by atomic mass is 79.9. The van der Waals surface area contributed by atoms with Gasteiger partial charge in [0.1, 0.15) is 0 Å². The average Bonchev–Trinajstić information content (AvgIpc) is 2.28. The van der Waals surface area contributed by atoms with Crippen LogP contribution in [0.5, 0.6) is 0 Å². The Bertz CT molecular complexity index is 395. The molecule has 2 unspecified atom stereocenters. The van der Waals surface area contributed by atoms with Gasteiger partial charge in [0, 0.05) is 17.1 Å². The second-order valence-electron chi connectivity index (χ2n) is 4.38. The highest BCUT2D eigenvalue weighted by molar-refractivity contribution is 9.10. The predicted molar refractivity (Wildman–Crippen MR) is 72.0 cm³/mol. The number of carboxylic acid groups (broad SMARTS) is 1. The van der Waals surface area contributed by atoms with Crippen molar-refractivity contribution >= 4 is 21.9 Å². The lowest BCUT2D eigenvalue weighted by molar-refractivity contribution is -0.141. The summed E-state index contributed by atoms with van der Waals surface area (Å²) in [6, 6.07) is 8.20. The van der Waals surface area contributed by atoms with Gasteiger partial charge in [-0.25, -0.2) is 0 Å². The molecule has 0 amide bonds. The van der Waals surface area contributed by atoms with Crippen LogP contribution in [0.1, 0.15) is 25.5 Å². The molecule has 1 aromatic rings. The largest absolute Gasteiger partial charge is 0.481 e. The van der Waals surface area contributed by atoms with Crippen LogP contribution < -0.4 is 0 Å². The highest BCUT2D eigenvalue weighted by Gasteiger charge is 2.19. The molecular weight excluding hydrogens is 282 g/mol. The summed E-state index contributed by atoms with van der Waals surface area (Å²) < 4.78 is 1.06. The monoisotopic (exact) mass is 299 g/mol. The first kappa shape index (κ1) is 14.2. The van der Waals surface area contributed by atoms with Crippen LogP contribution in [0.15, 0.2) is 28.7 Å². The molecule has 0 heterocycles. The normalized spacial score (nSPS) is 14.6. The summed E-state index contributed by atoms with van der Waals surface area (Å²) >= 11 is 3.52. The number of carbonyl (C=O) groups is 1. The number of aliphatic carboxylic acids is 1. The van der Waals surface area contributed by atoms with Gasteiger partial charge in [0.25, 0.3) is 0 Å². The third-order valence-corrected chi connectivity index (χ3v) is 3.72. The zero-order valence-electron chi connectivity index (χ0n) is 10.4. The van der Waals surface area contributed by atoms with E-state index in [2.05, 4.69) is 33.8 Å². The summed E-state index contributed by atoms with van der Waals surface area (Å²) in [6.07, 6.45) is 0. The van der Waals surface area contributed by atoms with E-state index in [4.69, 9.17) is 5.11 Å². The van der Waals surface area contributed by atoms with E-state index < -0.39 is 5.97 Å². The van der Waals surface area contributed by atoms with Crippen molar-refractivity contribution in [1.82, 2.24) is 4.90 Å². The average molecular weight is 300 g/mol. The first-order valence-electron chi connectivity index (χ1n) is 5.61. The minimum Gasteiger partial charge on any atom is -0.481 e. The molecule has 1 rings (SSSR count). The molecule has 0 fully saturated rings. The van der Waals surface area contributed by atoms with Gasteiger partial charge in [-0.3, -0.25) is 9.69 Å². The molecule has 4 heteroatoms. The number of nitrogens with zero attached hydrogens (tertiary/aromatic N) is 1. The predicted octanol–water partition coefficient (Wildman–Crippen LogP) is 3.16. The lowest BCUT2D eigenvalue weighted by atomic mass is 10.1. The van der Waals surface area contributed by atoms with Crippen LogP contribution in [0.25, 0.3) is 0 Å². The molecule has 0 aliphatic rings. The number of hydrogen-bond donors (Lipinski definition) is 1. The summed E-state index contributed by atoms with van der Waals surface area (Å²) in [5.41, 5.74) is 1.17. The van der Waals surface area contributed by atoms with Crippen molar-refractivity contribution in [3.05, 3.63) is 34.3 Å². The SMILES string of the molecule is CC(CN(C)C(C)c1ccccc1Br)C(=O)O. The van der Waals surface area contributed by atoms with Gasteiger partial charge >= 0.3 is 5.97 Å². The van der Waals surface area contributed by atoms with Crippen LogP contribution in [-0.2, 0) is 4.79 Å². The van der Waals surface area contributed by atoms with Crippen molar-refractivity contribution in [2.45, 2.75) is 19.9 Å². The van der Waals surface area contributed by atoms with Crippen molar-refractivity contribution in [3.63, 3.8) is 0 Å². The Balaban J connectivity index is 2.73. The van der Waals surface area contributed by atoms with Crippen LogP contribution in [0.2, 0.25) is 0 Å². The molecule has 3 nitrogen and oxygen atoms in total. The van der Waals surface area contributed by atoms with Crippen LogP contribution in [0, 0.1) is 5.92 Å². The van der Waals surface area contributed by atoms with Crippen molar-refractivity contribution in [1.29, 1.82) is 0 Å². The van der Waals surface area contributed by atoms with Gasteiger partial charge in [-0.05, 0) is 25.6 Å². The van der Waals surface area contributed by atoms with E-state index in [0.29, 0.717) is 6.54 Å². The molecule has 0 bridgehead atoms. The molecule has 1 N–H and O–H groups in total. The first-order chi connectivity index (χ1) is 7.93. The molecule has 1 aromatic carbocycles. The number of carboxylic acids is 1. The van der Waals surface area contributed by atoms with E-state index in [0.717, 1.165) is 4.47 Å². The van der Waals surface area contributed by atoms with E-state index in [9.17, 15) is 4.79 Å². The molecular formula is C13H18BrNO2. The van der Waals surface area contributed by atoms with E-state index >= 15 is 0 Å². The fourth-order valence-corrected chi connectivity index (χ4v) is 2.34. The highest BCUT2D eigenvalue weighted by Crippen LogP contribution is 2.26. The Morgan fingerprint density at radius 2 is 2.00 bits per heavy atom. The second kappa shape index (κ2) is 6.17. The van der Waals surface area contributed by atoms with Crippen molar-refractivity contribution < 1.29 is 9.90 Å². The third kappa shape index (κ3) is 3.82. The molecule has 94 valence electrons.